The van der Waals surface area contributed by atoms with Gasteiger partial charge in [0.25, 0.3) is 0 Å². The van der Waals surface area contributed by atoms with Crippen LogP contribution in [-0.4, -0.2) is 65.7 Å². The van der Waals surface area contributed by atoms with E-state index in [1.807, 2.05) is 0 Å². The second-order valence-corrected chi connectivity index (χ2v) is 6.46. The largest absolute Gasteiger partial charge is 0.302 e. The first-order valence-electron chi connectivity index (χ1n) is 8.52. The minimum atomic E-state index is -0.847. The van der Waals surface area contributed by atoms with E-state index >= 15 is 0 Å². The summed E-state index contributed by atoms with van der Waals surface area (Å²) in [5.41, 5.74) is 0. The molecule has 2 aliphatic heterocycles. The minimum Gasteiger partial charge on any atom is -0.302 e. The van der Waals surface area contributed by atoms with Gasteiger partial charge >= 0.3 is 0 Å². The number of amides is 2. The Hall–Kier alpha value is -1.34. The van der Waals surface area contributed by atoms with E-state index in [4.69, 9.17) is 12.2 Å². The lowest BCUT2D eigenvalue weighted by molar-refractivity contribution is -0.137. The molecule has 0 spiro atoms. The van der Waals surface area contributed by atoms with Gasteiger partial charge in [-0.15, -0.1) is 0 Å². The second-order valence-electron chi connectivity index (χ2n) is 6.07. The highest BCUT2D eigenvalue weighted by Gasteiger charge is 2.36. The number of piperidine rings is 1. The zero-order valence-electron chi connectivity index (χ0n) is 13.8. The molecule has 0 aromatic rings. The van der Waals surface area contributed by atoms with Crippen molar-refractivity contribution in [1.29, 1.82) is 0 Å². The third-order valence-electron chi connectivity index (χ3n) is 4.27. The molecule has 1 N–H and O–H groups in total. The van der Waals surface area contributed by atoms with E-state index in [2.05, 4.69) is 22.1 Å². The van der Waals surface area contributed by atoms with Gasteiger partial charge in [0.15, 0.2) is 11.0 Å². The molecular formula is C16H26N4O2S. The van der Waals surface area contributed by atoms with Crippen LogP contribution >= 0.6 is 12.2 Å². The number of thiocarbonyl (C=S) groups is 1. The van der Waals surface area contributed by atoms with Crippen LogP contribution in [0.15, 0.2) is 4.99 Å². The molecule has 2 saturated heterocycles. The number of rotatable bonds is 7. The standard InChI is InChI=1S/C16H26N4O2S/c1-2-3-10-20-15(22)13(14(21)18-16(20)23)12-17-7-11-19-8-5-4-6-9-19/h12-13H,2-11H2,1H3,(H,18,21,23)/t13-/m0/s1. The van der Waals surface area contributed by atoms with Crippen molar-refractivity contribution in [3.8, 4) is 0 Å². The molecule has 0 radical (unpaired) electrons. The van der Waals surface area contributed by atoms with Gasteiger partial charge < -0.3 is 10.2 Å². The Kier molecular flexibility index (Phi) is 7.11. The van der Waals surface area contributed by atoms with Crippen LogP contribution in [0.1, 0.15) is 39.0 Å². The Morgan fingerprint density at radius 2 is 2.00 bits per heavy atom. The normalized spacial score (nSPS) is 23.6. The fourth-order valence-electron chi connectivity index (χ4n) is 2.85. The molecule has 0 saturated carbocycles. The van der Waals surface area contributed by atoms with Crippen molar-refractivity contribution in [3.05, 3.63) is 0 Å². The highest BCUT2D eigenvalue weighted by atomic mass is 32.1. The molecular weight excluding hydrogens is 312 g/mol. The van der Waals surface area contributed by atoms with E-state index in [-0.39, 0.29) is 16.9 Å². The summed E-state index contributed by atoms with van der Waals surface area (Å²) in [6.45, 7) is 6.35. The fourth-order valence-corrected chi connectivity index (χ4v) is 3.13. The van der Waals surface area contributed by atoms with Gasteiger partial charge in [-0.3, -0.25) is 19.5 Å². The van der Waals surface area contributed by atoms with E-state index < -0.39 is 5.92 Å². The van der Waals surface area contributed by atoms with Gasteiger partial charge in [0, 0.05) is 19.3 Å². The van der Waals surface area contributed by atoms with Crippen LogP contribution in [0.5, 0.6) is 0 Å². The second kappa shape index (κ2) is 9.08. The molecule has 7 heteroatoms. The average Bonchev–Trinajstić information content (AvgIpc) is 2.54. The number of carbonyl (C=O) groups excluding carboxylic acids is 2. The topological polar surface area (TPSA) is 65.0 Å². The molecule has 6 nitrogen and oxygen atoms in total. The number of aliphatic imine (C=N–C) groups is 1. The van der Waals surface area contributed by atoms with Crippen molar-refractivity contribution < 1.29 is 9.59 Å². The first-order valence-corrected chi connectivity index (χ1v) is 8.92. The summed E-state index contributed by atoms with van der Waals surface area (Å²) in [7, 11) is 0. The number of nitrogens with zero attached hydrogens (tertiary/aromatic N) is 3. The SMILES string of the molecule is CCCCN1C(=O)[C@@H](C=NCCN2CCCCC2)C(=O)NC1=S. The molecule has 0 aliphatic carbocycles. The molecule has 2 rings (SSSR count). The van der Waals surface area contributed by atoms with E-state index in [1.54, 1.807) is 0 Å². The van der Waals surface area contributed by atoms with E-state index in [9.17, 15) is 9.59 Å². The van der Waals surface area contributed by atoms with Gasteiger partial charge in [-0.1, -0.05) is 19.8 Å². The molecule has 23 heavy (non-hydrogen) atoms. The highest BCUT2D eigenvalue weighted by molar-refractivity contribution is 7.80. The Morgan fingerprint density at radius 1 is 1.26 bits per heavy atom. The fraction of sp³-hybridized carbons (Fsp3) is 0.750. The number of nitrogens with one attached hydrogen (secondary N) is 1. The Bertz CT molecular complexity index is 475. The highest BCUT2D eigenvalue weighted by Crippen LogP contribution is 2.11. The van der Waals surface area contributed by atoms with Crippen LogP contribution in [0.2, 0.25) is 0 Å². The summed E-state index contributed by atoms with van der Waals surface area (Å²) in [6, 6.07) is 0. The maximum absolute atomic E-state index is 12.4. The Balaban J connectivity index is 1.86. The van der Waals surface area contributed by atoms with E-state index in [0.717, 1.165) is 32.5 Å². The average molecular weight is 338 g/mol. The predicted molar refractivity (Wildman–Crippen MR) is 94.5 cm³/mol. The minimum absolute atomic E-state index is 0.214. The molecule has 1 atom stereocenters. The van der Waals surface area contributed by atoms with Crippen LogP contribution in [-0.2, 0) is 9.59 Å². The molecule has 2 amide bonds. The smallest absolute Gasteiger partial charge is 0.246 e. The molecule has 0 aromatic carbocycles. The third-order valence-corrected chi connectivity index (χ3v) is 4.60. The molecule has 0 aromatic heterocycles. The van der Waals surface area contributed by atoms with Crippen LogP contribution in [0.3, 0.4) is 0 Å². The zero-order chi connectivity index (χ0) is 16.7. The van der Waals surface area contributed by atoms with Gasteiger partial charge in [-0.2, -0.15) is 0 Å². The van der Waals surface area contributed by atoms with Crippen molar-refractivity contribution in [2.24, 2.45) is 10.9 Å². The maximum atomic E-state index is 12.4. The van der Waals surface area contributed by atoms with Crippen LogP contribution in [0, 0.1) is 5.92 Å². The van der Waals surface area contributed by atoms with Gasteiger partial charge in [0.05, 0.1) is 6.54 Å². The summed E-state index contributed by atoms with van der Waals surface area (Å²) < 4.78 is 0. The molecule has 128 valence electrons. The van der Waals surface area contributed by atoms with Crippen LogP contribution in [0.4, 0.5) is 0 Å². The van der Waals surface area contributed by atoms with Gasteiger partial charge in [-0.05, 0) is 44.6 Å². The van der Waals surface area contributed by atoms with Crippen LogP contribution < -0.4 is 5.32 Å². The molecule has 0 unspecified atom stereocenters. The first kappa shape index (κ1) is 18.0. The lowest BCUT2D eigenvalue weighted by Crippen LogP contribution is -2.58. The number of hydrogen-bond donors (Lipinski definition) is 1. The maximum Gasteiger partial charge on any atom is 0.246 e. The quantitative estimate of drug-likeness (QED) is 0.430. The monoisotopic (exact) mass is 338 g/mol. The summed E-state index contributed by atoms with van der Waals surface area (Å²) in [5, 5.41) is 2.82. The van der Waals surface area contributed by atoms with E-state index in [0.29, 0.717) is 13.1 Å². The van der Waals surface area contributed by atoms with Gasteiger partial charge in [0.2, 0.25) is 11.8 Å². The Morgan fingerprint density at radius 3 is 2.70 bits per heavy atom. The number of unbranched alkanes of at least 4 members (excludes halogenated alkanes) is 1. The lowest BCUT2D eigenvalue weighted by atomic mass is 10.1. The molecule has 2 heterocycles. The van der Waals surface area contributed by atoms with E-state index in [1.165, 1.54) is 30.4 Å². The molecule has 2 fully saturated rings. The third kappa shape index (κ3) is 5.07. The summed E-state index contributed by atoms with van der Waals surface area (Å²) in [5.74, 6) is -1.47. The van der Waals surface area contributed by atoms with Crippen molar-refractivity contribution in [3.63, 3.8) is 0 Å². The number of likely N-dealkylation sites (tertiary alicyclic amines) is 1. The summed E-state index contributed by atoms with van der Waals surface area (Å²) in [6.07, 6.45) is 7.12. The van der Waals surface area contributed by atoms with Crippen LogP contribution in [0.25, 0.3) is 0 Å². The van der Waals surface area contributed by atoms with Crippen molar-refractivity contribution >= 4 is 35.4 Å². The van der Waals surface area contributed by atoms with Crippen molar-refractivity contribution in [1.82, 2.24) is 15.1 Å². The Labute approximate surface area is 143 Å². The first-order chi connectivity index (χ1) is 11.1. The lowest BCUT2D eigenvalue weighted by Gasteiger charge is -2.30. The molecule has 0 bridgehead atoms. The number of hydrogen-bond acceptors (Lipinski definition) is 5. The number of carbonyl (C=O) groups is 2. The van der Waals surface area contributed by atoms with Crippen molar-refractivity contribution in [2.75, 3.05) is 32.7 Å². The van der Waals surface area contributed by atoms with Crippen molar-refractivity contribution in [2.45, 2.75) is 39.0 Å². The summed E-state index contributed by atoms with van der Waals surface area (Å²) >= 11 is 5.09. The van der Waals surface area contributed by atoms with Gasteiger partial charge in [0.1, 0.15) is 0 Å². The van der Waals surface area contributed by atoms with Gasteiger partial charge in [-0.25, -0.2) is 0 Å². The molecule has 2 aliphatic rings. The predicted octanol–water partition coefficient (Wildman–Crippen LogP) is 1.20. The zero-order valence-corrected chi connectivity index (χ0v) is 14.6. The summed E-state index contributed by atoms with van der Waals surface area (Å²) in [4.78, 5) is 32.6.